The van der Waals surface area contributed by atoms with Gasteiger partial charge in [0.05, 0.1) is 17.7 Å². The van der Waals surface area contributed by atoms with Crippen LogP contribution in [0.2, 0.25) is 5.15 Å². The third-order valence-corrected chi connectivity index (χ3v) is 3.80. The standard InChI is InChI=1S/C13H17ClN2O2/c14-11-10(5-4-8-15-11)12(18)16-13(9-17)6-2-1-3-7-13/h4-5,8,17H,1-3,6-7,9H2,(H,16,18). The van der Waals surface area contributed by atoms with E-state index in [0.29, 0.717) is 5.56 Å². The zero-order valence-corrected chi connectivity index (χ0v) is 10.9. The smallest absolute Gasteiger partial charge is 0.254 e. The Morgan fingerprint density at radius 2 is 2.17 bits per heavy atom. The summed E-state index contributed by atoms with van der Waals surface area (Å²) in [6.45, 7) is -0.0311. The molecule has 1 aliphatic rings. The third kappa shape index (κ3) is 2.82. The SMILES string of the molecule is O=C(NC1(CO)CCCCC1)c1cccnc1Cl. The maximum absolute atomic E-state index is 12.2. The lowest BCUT2D eigenvalue weighted by molar-refractivity contribution is 0.0758. The Hall–Kier alpha value is -1.13. The van der Waals surface area contributed by atoms with E-state index in [4.69, 9.17) is 11.6 Å². The maximum atomic E-state index is 12.2. The Morgan fingerprint density at radius 1 is 1.44 bits per heavy atom. The van der Waals surface area contributed by atoms with Crippen LogP contribution in [0.5, 0.6) is 0 Å². The molecule has 0 aromatic carbocycles. The first-order valence-corrected chi connectivity index (χ1v) is 6.59. The molecular formula is C13H17ClN2O2. The molecule has 5 heteroatoms. The predicted molar refractivity (Wildman–Crippen MR) is 69.6 cm³/mol. The van der Waals surface area contributed by atoms with Gasteiger partial charge in [0.25, 0.3) is 5.91 Å². The lowest BCUT2D eigenvalue weighted by Crippen LogP contribution is -2.52. The predicted octanol–water partition coefficient (Wildman–Crippen LogP) is 2.16. The molecule has 1 aliphatic carbocycles. The number of carbonyl (C=O) groups is 1. The van der Waals surface area contributed by atoms with Gasteiger partial charge in [-0.2, -0.15) is 0 Å². The number of pyridine rings is 1. The number of carbonyl (C=O) groups excluding carboxylic acids is 1. The largest absolute Gasteiger partial charge is 0.394 e. The molecule has 18 heavy (non-hydrogen) atoms. The van der Waals surface area contributed by atoms with Crippen LogP contribution in [0, 0.1) is 0 Å². The second-order valence-corrected chi connectivity index (χ2v) is 5.15. The van der Waals surface area contributed by atoms with E-state index in [1.807, 2.05) is 0 Å². The van der Waals surface area contributed by atoms with Crippen LogP contribution in [0.3, 0.4) is 0 Å². The molecule has 0 unspecified atom stereocenters. The summed E-state index contributed by atoms with van der Waals surface area (Å²) in [5.74, 6) is -0.260. The average Bonchev–Trinajstić information content (AvgIpc) is 2.40. The third-order valence-electron chi connectivity index (χ3n) is 3.50. The monoisotopic (exact) mass is 268 g/mol. The Morgan fingerprint density at radius 3 is 2.78 bits per heavy atom. The van der Waals surface area contributed by atoms with E-state index in [1.165, 1.54) is 0 Å². The van der Waals surface area contributed by atoms with E-state index in [-0.39, 0.29) is 17.7 Å². The Labute approximate surface area is 111 Å². The van der Waals surface area contributed by atoms with Gasteiger partial charge in [-0.05, 0) is 25.0 Å². The number of aliphatic hydroxyl groups is 1. The molecule has 0 saturated heterocycles. The minimum Gasteiger partial charge on any atom is -0.394 e. The van der Waals surface area contributed by atoms with Crippen LogP contribution in [0.4, 0.5) is 0 Å². The van der Waals surface area contributed by atoms with Gasteiger partial charge in [-0.25, -0.2) is 4.98 Å². The van der Waals surface area contributed by atoms with Crippen molar-refractivity contribution in [3.8, 4) is 0 Å². The molecule has 1 aromatic rings. The fourth-order valence-corrected chi connectivity index (χ4v) is 2.62. The van der Waals surface area contributed by atoms with Crippen LogP contribution in [0.15, 0.2) is 18.3 Å². The summed E-state index contributed by atoms with van der Waals surface area (Å²) >= 11 is 5.89. The number of aromatic nitrogens is 1. The molecule has 0 radical (unpaired) electrons. The minimum absolute atomic E-state index is 0.0311. The van der Waals surface area contributed by atoms with Crippen LogP contribution in [-0.4, -0.2) is 28.1 Å². The number of rotatable bonds is 3. The van der Waals surface area contributed by atoms with Gasteiger partial charge in [0.15, 0.2) is 0 Å². The lowest BCUT2D eigenvalue weighted by Gasteiger charge is -2.36. The van der Waals surface area contributed by atoms with Crippen molar-refractivity contribution in [2.24, 2.45) is 0 Å². The molecular weight excluding hydrogens is 252 g/mol. The van der Waals surface area contributed by atoms with Crippen molar-refractivity contribution in [2.75, 3.05) is 6.61 Å². The van der Waals surface area contributed by atoms with E-state index >= 15 is 0 Å². The zero-order chi connectivity index (χ0) is 13.0. The second kappa shape index (κ2) is 5.67. The van der Waals surface area contributed by atoms with Gasteiger partial charge in [-0.15, -0.1) is 0 Å². The highest BCUT2D eigenvalue weighted by Crippen LogP contribution is 2.28. The molecule has 1 fully saturated rings. The average molecular weight is 269 g/mol. The van der Waals surface area contributed by atoms with Gasteiger partial charge >= 0.3 is 0 Å². The molecule has 0 spiro atoms. The van der Waals surface area contributed by atoms with E-state index in [9.17, 15) is 9.90 Å². The Bertz CT molecular complexity index is 431. The molecule has 1 heterocycles. The van der Waals surface area contributed by atoms with Gasteiger partial charge in [-0.3, -0.25) is 4.79 Å². The van der Waals surface area contributed by atoms with Gasteiger partial charge in [0.2, 0.25) is 0 Å². The van der Waals surface area contributed by atoms with E-state index < -0.39 is 5.54 Å². The molecule has 0 atom stereocenters. The van der Waals surface area contributed by atoms with Crippen LogP contribution >= 0.6 is 11.6 Å². The summed E-state index contributed by atoms with van der Waals surface area (Å²) in [7, 11) is 0. The van der Waals surface area contributed by atoms with E-state index in [0.717, 1.165) is 32.1 Å². The minimum atomic E-state index is -0.492. The molecule has 1 saturated carbocycles. The fraction of sp³-hybridized carbons (Fsp3) is 0.538. The van der Waals surface area contributed by atoms with Gasteiger partial charge in [0, 0.05) is 6.20 Å². The van der Waals surface area contributed by atoms with Crippen molar-refractivity contribution in [1.29, 1.82) is 0 Å². The quantitative estimate of drug-likeness (QED) is 0.826. The maximum Gasteiger partial charge on any atom is 0.254 e. The van der Waals surface area contributed by atoms with Crippen LogP contribution in [-0.2, 0) is 0 Å². The number of nitrogens with one attached hydrogen (secondary N) is 1. The first-order chi connectivity index (χ1) is 8.67. The van der Waals surface area contributed by atoms with E-state index in [1.54, 1.807) is 18.3 Å². The normalized spacial score (nSPS) is 18.3. The number of hydrogen-bond donors (Lipinski definition) is 2. The summed E-state index contributed by atoms with van der Waals surface area (Å²) in [4.78, 5) is 16.0. The Balaban J connectivity index is 2.13. The highest BCUT2D eigenvalue weighted by molar-refractivity contribution is 6.32. The summed E-state index contributed by atoms with van der Waals surface area (Å²) in [5, 5.41) is 12.7. The van der Waals surface area contributed by atoms with Crippen LogP contribution in [0.1, 0.15) is 42.5 Å². The topological polar surface area (TPSA) is 62.2 Å². The van der Waals surface area contributed by atoms with Crippen molar-refractivity contribution >= 4 is 17.5 Å². The van der Waals surface area contributed by atoms with Crippen LogP contribution in [0.25, 0.3) is 0 Å². The zero-order valence-electron chi connectivity index (χ0n) is 10.2. The van der Waals surface area contributed by atoms with Crippen molar-refractivity contribution in [3.05, 3.63) is 29.0 Å². The molecule has 98 valence electrons. The van der Waals surface area contributed by atoms with Crippen molar-refractivity contribution < 1.29 is 9.90 Å². The van der Waals surface area contributed by atoms with Crippen molar-refractivity contribution in [2.45, 2.75) is 37.6 Å². The summed E-state index contributed by atoms with van der Waals surface area (Å²) < 4.78 is 0. The summed E-state index contributed by atoms with van der Waals surface area (Å²) in [5.41, 5.74) is -0.133. The van der Waals surface area contributed by atoms with E-state index in [2.05, 4.69) is 10.3 Å². The van der Waals surface area contributed by atoms with Gasteiger partial charge in [-0.1, -0.05) is 30.9 Å². The summed E-state index contributed by atoms with van der Waals surface area (Å²) in [6, 6.07) is 3.31. The molecule has 1 aromatic heterocycles. The first-order valence-electron chi connectivity index (χ1n) is 6.21. The number of halogens is 1. The number of nitrogens with zero attached hydrogens (tertiary/aromatic N) is 1. The van der Waals surface area contributed by atoms with Gasteiger partial charge < -0.3 is 10.4 Å². The molecule has 0 aliphatic heterocycles. The van der Waals surface area contributed by atoms with Crippen LogP contribution < -0.4 is 5.32 Å². The highest BCUT2D eigenvalue weighted by Gasteiger charge is 2.33. The first kappa shape index (κ1) is 13.3. The lowest BCUT2D eigenvalue weighted by atomic mass is 9.82. The highest BCUT2D eigenvalue weighted by atomic mass is 35.5. The second-order valence-electron chi connectivity index (χ2n) is 4.80. The number of aliphatic hydroxyl groups excluding tert-OH is 1. The summed E-state index contributed by atoms with van der Waals surface area (Å²) in [6.07, 6.45) is 6.39. The molecule has 1 amide bonds. The molecule has 4 nitrogen and oxygen atoms in total. The molecule has 2 rings (SSSR count). The number of hydrogen-bond acceptors (Lipinski definition) is 3. The van der Waals surface area contributed by atoms with Gasteiger partial charge in [0.1, 0.15) is 5.15 Å². The number of amides is 1. The Kier molecular flexibility index (Phi) is 4.19. The van der Waals surface area contributed by atoms with Crippen molar-refractivity contribution in [3.63, 3.8) is 0 Å². The fourth-order valence-electron chi connectivity index (χ4n) is 2.41. The molecule has 0 bridgehead atoms. The molecule has 2 N–H and O–H groups in total. The van der Waals surface area contributed by atoms with Crippen molar-refractivity contribution in [1.82, 2.24) is 10.3 Å².